The summed E-state index contributed by atoms with van der Waals surface area (Å²) in [5, 5.41) is 8.06. The van der Waals surface area contributed by atoms with E-state index < -0.39 is 0 Å². The van der Waals surface area contributed by atoms with Gasteiger partial charge in [-0.25, -0.2) is 0 Å². The lowest BCUT2D eigenvalue weighted by Crippen LogP contribution is -2.24. The number of fused-ring (bicyclic) bond motifs is 1. The highest BCUT2D eigenvalue weighted by molar-refractivity contribution is 7.12. The van der Waals surface area contributed by atoms with Crippen molar-refractivity contribution in [2.75, 3.05) is 6.54 Å². The fraction of sp³-hybridized carbons (Fsp3) is 0.562. The number of hydrogen-bond donors (Lipinski definition) is 1. The van der Waals surface area contributed by atoms with Crippen LogP contribution in [0.15, 0.2) is 18.3 Å². The molecule has 0 aromatic carbocycles. The van der Waals surface area contributed by atoms with Crippen LogP contribution in [0.5, 0.6) is 0 Å². The number of hydrogen-bond acceptors (Lipinski definition) is 3. The maximum atomic E-state index is 4.43. The smallest absolute Gasteiger partial charge is 0.0841 e. The van der Waals surface area contributed by atoms with Gasteiger partial charge in [0.15, 0.2) is 0 Å². The molecular weight excluding hydrogens is 266 g/mol. The van der Waals surface area contributed by atoms with E-state index in [4.69, 9.17) is 0 Å². The van der Waals surface area contributed by atoms with Gasteiger partial charge in [0.25, 0.3) is 0 Å². The third kappa shape index (κ3) is 2.54. The molecule has 20 heavy (non-hydrogen) atoms. The van der Waals surface area contributed by atoms with Crippen molar-refractivity contribution in [2.45, 2.75) is 52.1 Å². The van der Waals surface area contributed by atoms with Gasteiger partial charge in [-0.05, 0) is 56.8 Å². The van der Waals surface area contributed by atoms with Crippen LogP contribution in [0.4, 0.5) is 0 Å². The average Bonchev–Trinajstić information content (AvgIpc) is 3.10. The Bertz CT molecular complexity index is 547. The zero-order valence-corrected chi connectivity index (χ0v) is 13.2. The van der Waals surface area contributed by atoms with Gasteiger partial charge in [-0.15, -0.1) is 11.3 Å². The van der Waals surface area contributed by atoms with Crippen LogP contribution in [0.2, 0.25) is 0 Å². The lowest BCUT2D eigenvalue weighted by molar-refractivity contribution is 0.547. The molecule has 2 heterocycles. The summed E-state index contributed by atoms with van der Waals surface area (Å²) >= 11 is 2.00. The number of thiophene rings is 1. The topological polar surface area (TPSA) is 29.9 Å². The van der Waals surface area contributed by atoms with Crippen LogP contribution in [-0.2, 0) is 19.4 Å². The van der Waals surface area contributed by atoms with E-state index in [1.807, 2.05) is 17.5 Å². The maximum absolute atomic E-state index is 4.43. The second kappa shape index (κ2) is 6.10. The zero-order chi connectivity index (χ0) is 13.9. The molecule has 1 N–H and O–H groups in total. The minimum absolute atomic E-state index is 0.290. The van der Waals surface area contributed by atoms with Gasteiger partial charge in [-0.3, -0.25) is 4.68 Å². The molecule has 0 aliphatic heterocycles. The largest absolute Gasteiger partial charge is 0.305 e. The van der Waals surface area contributed by atoms with Crippen LogP contribution in [0, 0.1) is 0 Å². The minimum Gasteiger partial charge on any atom is -0.305 e. The van der Waals surface area contributed by atoms with E-state index in [1.165, 1.54) is 36.3 Å². The lowest BCUT2D eigenvalue weighted by Gasteiger charge is -2.17. The van der Waals surface area contributed by atoms with Crippen LogP contribution in [0.3, 0.4) is 0 Å². The predicted octanol–water partition coefficient (Wildman–Crippen LogP) is 3.54. The van der Waals surface area contributed by atoms with Crippen LogP contribution in [0.25, 0.3) is 0 Å². The van der Waals surface area contributed by atoms with Gasteiger partial charge < -0.3 is 5.32 Å². The van der Waals surface area contributed by atoms with Gasteiger partial charge in [0, 0.05) is 22.5 Å². The van der Waals surface area contributed by atoms with Crippen molar-refractivity contribution >= 4 is 11.3 Å². The SMILES string of the molecule is CCNC(c1cc2c(s1)CCCC2)c1ccnn1CC. The first kappa shape index (κ1) is 13.8. The molecule has 0 fully saturated rings. The van der Waals surface area contributed by atoms with E-state index in [9.17, 15) is 0 Å². The zero-order valence-electron chi connectivity index (χ0n) is 12.4. The molecule has 0 spiro atoms. The van der Waals surface area contributed by atoms with Crippen LogP contribution >= 0.6 is 11.3 Å². The Morgan fingerprint density at radius 2 is 2.20 bits per heavy atom. The van der Waals surface area contributed by atoms with Crippen LogP contribution in [0.1, 0.15) is 53.7 Å². The van der Waals surface area contributed by atoms with E-state index >= 15 is 0 Å². The molecule has 1 atom stereocenters. The molecular formula is C16H23N3S. The van der Waals surface area contributed by atoms with E-state index in [2.05, 4.69) is 41.1 Å². The molecule has 1 unspecified atom stereocenters. The first-order chi connectivity index (χ1) is 9.83. The van der Waals surface area contributed by atoms with Gasteiger partial charge >= 0.3 is 0 Å². The Kier molecular flexibility index (Phi) is 4.22. The molecule has 0 amide bonds. The highest BCUT2D eigenvalue weighted by Gasteiger charge is 2.22. The number of aryl methyl sites for hydroxylation is 3. The molecule has 2 aromatic rings. The van der Waals surface area contributed by atoms with Gasteiger partial charge in [-0.1, -0.05) is 6.92 Å². The van der Waals surface area contributed by atoms with E-state index in [-0.39, 0.29) is 6.04 Å². The summed E-state index contributed by atoms with van der Waals surface area (Å²) in [6.45, 7) is 6.23. The molecule has 0 saturated heterocycles. The Labute approximate surface area is 125 Å². The fourth-order valence-electron chi connectivity index (χ4n) is 3.06. The Morgan fingerprint density at radius 3 is 2.95 bits per heavy atom. The maximum Gasteiger partial charge on any atom is 0.0841 e. The van der Waals surface area contributed by atoms with Gasteiger partial charge in [0.2, 0.25) is 0 Å². The third-order valence-corrected chi connectivity index (χ3v) is 5.36. The number of nitrogens with zero attached hydrogens (tertiary/aromatic N) is 2. The van der Waals surface area contributed by atoms with E-state index in [0.29, 0.717) is 0 Å². The number of rotatable bonds is 5. The Hall–Kier alpha value is -1.13. The van der Waals surface area contributed by atoms with E-state index in [1.54, 1.807) is 10.4 Å². The monoisotopic (exact) mass is 289 g/mol. The second-order valence-corrected chi connectivity index (χ2v) is 6.54. The first-order valence-corrected chi connectivity index (χ1v) is 8.51. The molecule has 1 aliphatic carbocycles. The van der Waals surface area contributed by atoms with Crippen molar-refractivity contribution in [3.8, 4) is 0 Å². The lowest BCUT2D eigenvalue weighted by atomic mass is 9.98. The van der Waals surface area contributed by atoms with E-state index in [0.717, 1.165) is 13.1 Å². The summed E-state index contributed by atoms with van der Waals surface area (Å²) in [6.07, 6.45) is 7.15. The van der Waals surface area contributed by atoms with Crippen molar-refractivity contribution in [1.29, 1.82) is 0 Å². The Morgan fingerprint density at radius 1 is 1.35 bits per heavy atom. The molecule has 4 heteroatoms. The van der Waals surface area contributed by atoms with Crippen LogP contribution < -0.4 is 5.32 Å². The molecule has 3 rings (SSSR count). The third-order valence-electron chi connectivity index (χ3n) is 4.05. The minimum atomic E-state index is 0.290. The highest BCUT2D eigenvalue weighted by atomic mass is 32.1. The molecule has 2 aromatic heterocycles. The number of nitrogens with one attached hydrogen (secondary N) is 1. The highest BCUT2D eigenvalue weighted by Crippen LogP contribution is 2.35. The van der Waals surface area contributed by atoms with Crippen LogP contribution in [-0.4, -0.2) is 16.3 Å². The average molecular weight is 289 g/mol. The summed E-state index contributed by atoms with van der Waals surface area (Å²) in [6, 6.07) is 4.87. The Balaban J connectivity index is 1.96. The first-order valence-electron chi connectivity index (χ1n) is 7.70. The summed E-state index contributed by atoms with van der Waals surface area (Å²) in [4.78, 5) is 3.06. The fourth-order valence-corrected chi connectivity index (χ4v) is 4.41. The second-order valence-electron chi connectivity index (χ2n) is 5.37. The summed E-state index contributed by atoms with van der Waals surface area (Å²) in [5.41, 5.74) is 2.87. The summed E-state index contributed by atoms with van der Waals surface area (Å²) in [5.74, 6) is 0. The molecule has 108 valence electrons. The normalized spacial score (nSPS) is 16.1. The van der Waals surface area contributed by atoms with Crippen molar-refractivity contribution in [1.82, 2.24) is 15.1 Å². The van der Waals surface area contributed by atoms with Gasteiger partial charge in [0.05, 0.1) is 11.7 Å². The molecule has 1 aliphatic rings. The van der Waals surface area contributed by atoms with Crippen molar-refractivity contribution in [3.05, 3.63) is 39.3 Å². The van der Waals surface area contributed by atoms with Crippen molar-refractivity contribution in [3.63, 3.8) is 0 Å². The van der Waals surface area contributed by atoms with Gasteiger partial charge in [0.1, 0.15) is 0 Å². The molecule has 0 bridgehead atoms. The van der Waals surface area contributed by atoms with Crippen molar-refractivity contribution in [2.24, 2.45) is 0 Å². The van der Waals surface area contributed by atoms with Crippen molar-refractivity contribution < 1.29 is 0 Å². The summed E-state index contributed by atoms with van der Waals surface area (Å²) in [7, 11) is 0. The molecule has 0 radical (unpaired) electrons. The number of aromatic nitrogens is 2. The molecule has 0 saturated carbocycles. The summed E-state index contributed by atoms with van der Waals surface area (Å²) < 4.78 is 2.10. The quantitative estimate of drug-likeness (QED) is 0.912. The predicted molar refractivity (Wildman–Crippen MR) is 84.4 cm³/mol. The standard InChI is InChI=1S/C16H23N3S/c1-3-17-16(13-9-10-18-19(13)4-2)15-11-12-7-5-6-8-14(12)20-15/h9-11,16-17H,3-8H2,1-2H3. The molecule has 3 nitrogen and oxygen atoms in total. The van der Waals surface area contributed by atoms with Gasteiger partial charge in [-0.2, -0.15) is 5.10 Å².